The summed E-state index contributed by atoms with van der Waals surface area (Å²) in [5, 5.41) is 0. The van der Waals surface area contributed by atoms with Gasteiger partial charge in [-0.25, -0.2) is 13.2 Å². The van der Waals surface area contributed by atoms with Crippen molar-refractivity contribution >= 4 is 11.5 Å². The van der Waals surface area contributed by atoms with Gasteiger partial charge in [-0.2, -0.15) is 0 Å². The van der Waals surface area contributed by atoms with Crippen LogP contribution in [-0.4, -0.2) is 25.0 Å². The van der Waals surface area contributed by atoms with Crippen LogP contribution in [0.1, 0.15) is 12.5 Å². The highest BCUT2D eigenvalue weighted by molar-refractivity contribution is 5.85. The monoisotopic (exact) mass is 272 g/mol. The lowest BCUT2D eigenvalue weighted by Crippen LogP contribution is -2.48. The zero-order valence-electron chi connectivity index (χ0n) is 10.2. The van der Waals surface area contributed by atoms with Crippen molar-refractivity contribution in [2.45, 2.75) is 25.0 Å². The minimum atomic E-state index is -2.99. The number of halogens is 3. The molecule has 0 aliphatic carbocycles. The maximum atomic E-state index is 13.8. The summed E-state index contributed by atoms with van der Waals surface area (Å²) in [5.41, 5.74) is 10.3. The molecule has 0 fully saturated rings. The lowest BCUT2D eigenvalue weighted by molar-refractivity contribution is -0.0340. The Balaban J connectivity index is 2.61. The van der Waals surface area contributed by atoms with Crippen LogP contribution in [0.2, 0.25) is 0 Å². The summed E-state index contributed by atoms with van der Waals surface area (Å²) in [6.45, 7) is 1.10. The Hall–Kier alpha value is -1.76. The Bertz CT molecular complexity index is 521. The van der Waals surface area contributed by atoms with E-state index in [0.717, 1.165) is 12.1 Å². The molecule has 0 radical (unpaired) electrons. The quantitative estimate of drug-likeness (QED) is 0.899. The molecule has 3 N–H and O–H groups in total. The predicted molar refractivity (Wildman–Crippen MR) is 65.1 cm³/mol. The normalized spacial score (nSPS) is 27.4. The lowest BCUT2D eigenvalue weighted by Gasteiger charge is -2.36. The average Bonchev–Trinajstić information content (AvgIpc) is 2.35. The smallest absolute Gasteiger partial charge is 0.269 e. The molecule has 1 heterocycles. The molecule has 104 valence electrons. The fraction of sp³-hybridized carbons (Fsp3) is 0.417. The Morgan fingerprint density at radius 3 is 2.79 bits per heavy atom. The van der Waals surface area contributed by atoms with Crippen LogP contribution >= 0.6 is 0 Å². The van der Waals surface area contributed by atoms with Gasteiger partial charge in [-0.15, -0.1) is 5.69 Å². The van der Waals surface area contributed by atoms with Crippen molar-refractivity contribution in [3.8, 4) is 0 Å². The zero-order chi connectivity index (χ0) is 14.2. The van der Waals surface area contributed by atoms with Gasteiger partial charge in [-0.3, -0.25) is 4.99 Å². The first-order valence-corrected chi connectivity index (χ1v) is 5.63. The van der Waals surface area contributed by atoms with E-state index in [-0.39, 0.29) is 17.1 Å². The third-order valence-electron chi connectivity index (χ3n) is 3.09. The number of rotatable bonds is 2. The molecular formula is C12H13F3N3O-. The zero-order valence-corrected chi connectivity index (χ0v) is 10.2. The molecule has 4 nitrogen and oxygen atoms in total. The third kappa shape index (κ3) is 2.25. The highest BCUT2D eigenvalue weighted by atomic mass is 19.3. The molecule has 1 aliphatic heterocycles. The predicted octanol–water partition coefficient (Wildman–Crippen LogP) is 2.75. The standard InChI is InChI=1S/C12H13F3N3O/c1-6-10(17)18-12(5-19-6,11(14)15)8-4-7(16)2-3-9(8)13/h2-4,6,11,16H,5H2,1H3,(H2,17,18)/q-1/t6-,12-/m1/s1. The van der Waals surface area contributed by atoms with Crippen LogP contribution in [0.5, 0.6) is 0 Å². The topological polar surface area (TPSA) is 71.4 Å². The fourth-order valence-electron chi connectivity index (χ4n) is 1.92. The lowest BCUT2D eigenvalue weighted by atomic mass is 9.89. The Kier molecular flexibility index (Phi) is 3.40. The van der Waals surface area contributed by atoms with Gasteiger partial charge in [-0.1, -0.05) is 12.1 Å². The molecule has 1 aliphatic rings. The molecule has 0 unspecified atom stereocenters. The van der Waals surface area contributed by atoms with Crippen molar-refractivity contribution in [3.05, 3.63) is 35.3 Å². The SMILES string of the molecule is C[C@H]1OC[C@@](c2cc([NH-])ccc2F)(C(F)F)N=C1N. The van der Waals surface area contributed by atoms with Crippen molar-refractivity contribution in [2.24, 2.45) is 10.7 Å². The van der Waals surface area contributed by atoms with Gasteiger partial charge in [0, 0.05) is 5.56 Å². The number of alkyl halides is 2. The van der Waals surface area contributed by atoms with E-state index in [1.807, 2.05) is 0 Å². The molecule has 19 heavy (non-hydrogen) atoms. The van der Waals surface area contributed by atoms with Crippen LogP contribution in [-0.2, 0) is 10.3 Å². The largest absolute Gasteiger partial charge is 0.699 e. The fourth-order valence-corrected chi connectivity index (χ4v) is 1.92. The number of amidine groups is 1. The number of benzene rings is 1. The Morgan fingerprint density at radius 1 is 1.53 bits per heavy atom. The van der Waals surface area contributed by atoms with Gasteiger partial charge in [0.1, 0.15) is 17.8 Å². The molecule has 2 rings (SSSR count). The molecule has 2 atom stereocenters. The summed E-state index contributed by atoms with van der Waals surface area (Å²) in [7, 11) is 0. The van der Waals surface area contributed by atoms with Crippen LogP contribution in [0.15, 0.2) is 23.2 Å². The van der Waals surface area contributed by atoms with Gasteiger partial charge in [0.2, 0.25) is 0 Å². The summed E-state index contributed by atoms with van der Waals surface area (Å²) in [6, 6.07) is 3.17. The van der Waals surface area contributed by atoms with Crippen LogP contribution in [0.4, 0.5) is 18.9 Å². The minimum Gasteiger partial charge on any atom is -0.699 e. The summed E-state index contributed by atoms with van der Waals surface area (Å²) in [5.74, 6) is -0.965. The number of nitrogens with zero attached hydrogens (tertiary/aromatic N) is 1. The van der Waals surface area contributed by atoms with Gasteiger partial charge in [0.15, 0.2) is 5.54 Å². The van der Waals surface area contributed by atoms with E-state index in [1.54, 1.807) is 6.92 Å². The van der Waals surface area contributed by atoms with Crippen molar-refractivity contribution in [1.29, 1.82) is 0 Å². The number of aliphatic imine (C=N–C) groups is 1. The second-order valence-electron chi connectivity index (χ2n) is 4.41. The van der Waals surface area contributed by atoms with Crippen LogP contribution in [0.25, 0.3) is 5.73 Å². The van der Waals surface area contributed by atoms with Crippen molar-refractivity contribution in [2.75, 3.05) is 6.61 Å². The van der Waals surface area contributed by atoms with Gasteiger partial charge < -0.3 is 16.2 Å². The van der Waals surface area contributed by atoms with Crippen LogP contribution in [0, 0.1) is 5.82 Å². The number of nitrogens with one attached hydrogen (secondary N) is 1. The van der Waals surface area contributed by atoms with Crippen molar-refractivity contribution in [1.82, 2.24) is 0 Å². The third-order valence-corrected chi connectivity index (χ3v) is 3.09. The molecule has 0 amide bonds. The van der Waals surface area contributed by atoms with Gasteiger partial charge in [0.05, 0.1) is 6.61 Å². The second kappa shape index (κ2) is 4.73. The Labute approximate surface area is 108 Å². The second-order valence-corrected chi connectivity index (χ2v) is 4.41. The van der Waals surface area contributed by atoms with E-state index in [2.05, 4.69) is 4.99 Å². The summed E-state index contributed by atoms with van der Waals surface area (Å²) < 4.78 is 45.8. The highest BCUT2D eigenvalue weighted by Crippen LogP contribution is 2.38. The Morgan fingerprint density at radius 2 is 2.21 bits per heavy atom. The highest BCUT2D eigenvalue weighted by Gasteiger charge is 2.47. The number of hydrogen-bond donors (Lipinski definition) is 1. The first-order valence-electron chi connectivity index (χ1n) is 5.63. The minimum absolute atomic E-state index is 0.0798. The molecule has 0 saturated carbocycles. The molecule has 1 aromatic rings. The molecule has 1 aromatic carbocycles. The van der Waals surface area contributed by atoms with E-state index in [0.29, 0.717) is 0 Å². The van der Waals surface area contributed by atoms with E-state index >= 15 is 0 Å². The molecule has 7 heteroatoms. The first-order chi connectivity index (χ1) is 8.86. The summed E-state index contributed by atoms with van der Waals surface area (Å²) in [6.07, 6.45) is -3.58. The van der Waals surface area contributed by atoms with Crippen LogP contribution < -0.4 is 5.73 Å². The van der Waals surface area contributed by atoms with E-state index in [1.165, 1.54) is 6.07 Å². The van der Waals surface area contributed by atoms with E-state index in [4.69, 9.17) is 16.2 Å². The number of hydrogen-bond acceptors (Lipinski definition) is 3. The van der Waals surface area contributed by atoms with Crippen molar-refractivity contribution < 1.29 is 17.9 Å². The molecule has 0 bridgehead atoms. The molecular weight excluding hydrogens is 259 g/mol. The molecule has 0 saturated heterocycles. The van der Waals surface area contributed by atoms with E-state index < -0.39 is 30.5 Å². The number of nitrogens with two attached hydrogens (primary N) is 1. The van der Waals surface area contributed by atoms with Gasteiger partial charge >= 0.3 is 0 Å². The summed E-state index contributed by atoms with van der Waals surface area (Å²) >= 11 is 0. The van der Waals surface area contributed by atoms with Gasteiger partial charge in [0.25, 0.3) is 6.43 Å². The number of ether oxygens (including phenoxy) is 1. The maximum Gasteiger partial charge on any atom is 0.269 e. The van der Waals surface area contributed by atoms with E-state index in [9.17, 15) is 13.2 Å². The molecule has 0 spiro atoms. The van der Waals surface area contributed by atoms with Crippen molar-refractivity contribution in [3.63, 3.8) is 0 Å². The first kappa shape index (κ1) is 13.7. The average molecular weight is 272 g/mol. The van der Waals surface area contributed by atoms with Gasteiger partial charge in [-0.05, 0) is 13.0 Å². The van der Waals surface area contributed by atoms with Crippen LogP contribution in [0.3, 0.4) is 0 Å². The molecule has 0 aromatic heterocycles. The summed E-state index contributed by atoms with van der Waals surface area (Å²) in [4.78, 5) is 3.76. The maximum absolute atomic E-state index is 13.8.